The summed E-state index contributed by atoms with van der Waals surface area (Å²) in [5.41, 5.74) is 3.07. The van der Waals surface area contributed by atoms with E-state index in [9.17, 15) is 0 Å². The van der Waals surface area contributed by atoms with Crippen molar-refractivity contribution in [3.8, 4) is 0 Å². The Kier molecular flexibility index (Phi) is 4.68. The maximum Gasteiger partial charge on any atom is 0.0342 e. The second kappa shape index (κ2) is 5.80. The number of hydrogen-bond donors (Lipinski definition) is 2. The molecule has 88 valence electrons. The molecule has 1 saturated carbocycles. The summed E-state index contributed by atoms with van der Waals surface area (Å²) >= 11 is 4.22. The average Bonchev–Trinajstić information content (AvgIpc) is 2.19. The fourth-order valence-corrected chi connectivity index (χ4v) is 5.43. The zero-order valence-electron chi connectivity index (χ0n) is 9.45. The van der Waals surface area contributed by atoms with Crippen molar-refractivity contribution >= 4 is 23.5 Å². The van der Waals surface area contributed by atoms with Crippen LogP contribution in [-0.2, 0) is 0 Å². The fourth-order valence-electron chi connectivity index (χ4n) is 2.48. The first kappa shape index (κ1) is 12.1. The molecular weight excluding hydrogens is 224 g/mol. The van der Waals surface area contributed by atoms with Crippen LogP contribution in [0.4, 0.5) is 0 Å². The molecule has 0 radical (unpaired) electrons. The predicted octanol–water partition coefficient (Wildman–Crippen LogP) is 2.25. The topological polar surface area (TPSA) is 38.0 Å². The standard InChI is InChI=1S/C11H22N2S2/c1-8-11(15-6-5-14-8)10(13-12)7-9-3-2-4-9/h8-11,13H,2-7,12H2,1H3. The van der Waals surface area contributed by atoms with Crippen molar-refractivity contribution in [1.29, 1.82) is 0 Å². The van der Waals surface area contributed by atoms with E-state index in [4.69, 9.17) is 5.84 Å². The van der Waals surface area contributed by atoms with Crippen LogP contribution in [0.1, 0.15) is 32.6 Å². The van der Waals surface area contributed by atoms with E-state index in [1.165, 1.54) is 37.2 Å². The van der Waals surface area contributed by atoms with Gasteiger partial charge in [0.25, 0.3) is 0 Å². The summed E-state index contributed by atoms with van der Waals surface area (Å²) in [4.78, 5) is 0. The van der Waals surface area contributed by atoms with Gasteiger partial charge in [0, 0.05) is 28.0 Å². The van der Waals surface area contributed by atoms with E-state index in [2.05, 4.69) is 35.9 Å². The maximum absolute atomic E-state index is 5.72. The lowest BCUT2D eigenvalue weighted by atomic mass is 9.80. The van der Waals surface area contributed by atoms with Gasteiger partial charge in [0.1, 0.15) is 0 Å². The van der Waals surface area contributed by atoms with Crippen LogP contribution in [0.15, 0.2) is 0 Å². The Hall–Kier alpha value is 0.620. The van der Waals surface area contributed by atoms with E-state index >= 15 is 0 Å². The number of nitrogens with two attached hydrogens (primary N) is 1. The molecule has 3 unspecified atom stereocenters. The molecule has 1 aliphatic carbocycles. The zero-order valence-corrected chi connectivity index (χ0v) is 11.1. The average molecular weight is 246 g/mol. The van der Waals surface area contributed by atoms with E-state index in [1.54, 1.807) is 0 Å². The molecule has 0 aromatic heterocycles. The molecule has 1 heterocycles. The van der Waals surface area contributed by atoms with Crippen LogP contribution in [0.2, 0.25) is 0 Å². The summed E-state index contributed by atoms with van der Waals surface area (Å²) in [6, 6.07) is 0.531. The molecule has 2 fully saturated rings. The van der Waals surface area contributed by atoms with E-state index in [1.807, 2.05) is 0 Å². The molecule has 3 N–H and O–H groups in total. The first-order chi connectivity index (χ1) is 7.31. The van der Waals surface area contributed by atoms with Gasteiger partial charge in [-0.25, -0.2) is 0 Å². The summed E-state index contributed by atoms with van der Waals surface area (Å²) in [7, 11) is 0. The minimum Gasteiger partial charge on any atom is -0.271 e. The highest BCUT2D eigenvalue weighted by molar-refractivity contribution is 8.07. The van der Waals surface area contributed by atoms with Crippen molar-refractivity contribution in [2.45, 2.75) is 49.1 Å². The van der Waals surface area contributed by atoms with Crippen LogP contribution < -0.4 is 11.3 Å². The maximum atomic E-state index is 5.72. The lowest BCUT2D eigenvalue weighted by Gasteiger charge is -2.37. The predicted molar refractivity (Wildman–Crippen MR) is 71.2 cm³/mol. The van der Waals surface area contributed by atoms with Crippen LogP contribution >= 0.6 is 23.5 Å². The minimum absolute atomic E-state index is 0.531. The van der Waals surface area contributed by atoms with Gasteiger partial charge in [0.2, 0.25) is 0 Å². The normalized spacial score (nSPS) is 34.8. The Bertz CT molecular complexity index is 197. The highest BCUT2D eigenvalue weighted by atomic mass is 32.2. The summed E-state index contributed by atoms with van der Waals surface area (Å²) in [6.45, 7) is 2.35. The Morgan fingerprint density at radius 2 is 2.07 bits per heavy atom. The molecule has 1 aliphatic heterocycles. The van der Waals surface area contributed by atoms with Crippen LogP contribution in [0.5, 0.6) is 0 Å². The van der Waals surface area contributed by atoms with E-state index in [0.717, 1.165) is 11.2 Å². The summed E-state index contributed by atoms with van der Waals surface area (Å²) in [5.74, 6) is 9.27. The van der Waals surface area contributed by atoms with E-state index < -0.39 is 0 Å². The van der Waals surface area contributed by atoms with Gasteiger partial charge in [-0.15, -0.1) is 0 Å². The van der Waals surface area contributed by atoms with E-state index in [0.29, 0.717) is 11.3 Å². The van der Waals surface area contributed by atoms with Crippen LogP contribution in [0.25, 0.3) is 0 Å². The second-order valence-electron chi connectivity index (χ2n) is 4.72. The first-order valence-corrected chi connectivity index (χ1v) is 8.10. The van der Waals surface area contributed by atoms with Gasteiger partial charge in [-0.3, -0.25) is 11.3 Å². The molecular formula is C11H22N2S2. The number of rotatable bonds is 4. The van der Waals surface area contributed by atoms with Gasteiger partial charge >= 0.3 is 0 Å². The molecule has 3 atom stereocenters. The quantitative estimate of drug-likeness (QED) is 0.589. The number of hydrogen-bond acceptors (Lipinski definition) is 4. The molecule has 4 heteroatoms. The second-order valence-corrected chi connectivity index (χ2v) is 7.49. The SMILES string of the molecule is CC1SCCSC1C(CC1CCC1)NN. The Morgan fingerprint density at radius 1 is 1.33 bits per heavy atom. The lowest BCUT2D eigenvalue weighted by Crippen LogP contribution is -2.48. The van der Waals surface area contributed by atoms with Crippen molar-refractivity contribution in [3.63, 3.8) is 0 Å². The van der Waals surface area contributed by atoms with Gasteiger partial charge in [-0.05, 0) is 12.3 Å². The summed E-state index contributed by atoms with van der Waals surface area (Å²) in [6.07, 6.45) is 5.58. The zero-order chi connectivity index (χ0) is 10.7. The monoisotopic (exact) mass is 246 g/mol. The summed E-state index contributed by atoms with van der Waals surface area (Å²) in [5, 5.41) is 1.47. The molecule has 1 saturated heterocycles. The Labute approximate surface area is 101 Å². The van der Waals surface area contributed by atoms with Gasteiger partial charge in [-0.1, -0.05) is 26.2 Å². The third-order valence-corrected chi connectivity index (χ3v) is 6.91. The highest BCUT2D eigenvalue weighted by Crippen LogP contribution is 2.37. The Morgan fingerprint density at radius 3 is 2.60 bits per heavy atom. The smallest absolute Gasteiger partial charge is 0.0342 e. The molecule has 0 bridgehead atoms. The van der Waals surface area contributed by atoms with Crippen LogP contribution in [-0.4, -0.2) is 28.0 Å². The van der Waals surface area contributed by atoms with Crippen molar-refractivity contribution in [2.24, 2.45) is 11.8 Å². The highest BCUT2D eigenvalue weighted by Gasteiger charge is 2.32. The molecule has 0 amide bonds. The molecule has 2 nitrogen and oxygen atoms in total. The lowest BCUT2D eigenvalue weighted by molar-refractivity contribution is 0.257. The largest absolute Gasteiger partial charge is 0.271 e. The first-order valence-electron chi connectivity index (χ1n) is 6.00. The van der Waals surface area contributed by atoms with Gasteiger partial charge < -0.3 is 0 Å². The van der Waals surface area contributed by atoms with Crippen molar-refractivity contribution in [2.75, 3.05) is 11.5 Å². The number of hydrazine groups is 1. The molecule has 15 heavy (non-hydrogen) atoms. The molecule has 2 rings (SSSR count). The third-order valence-electron chi connectivity index (χ3n) is 3.66. The summed E-state index contributed by atoms with van der Waals surface area (Å²) < 4.78 is 0. The van der Waals surface area contributed by atoms with Gasteiger partial charge in [-0.2, -0.15) is 23.5 Å². The van der Waals surface area contributed by atoms with Crippen LogP contribution in [0, 0.1) is 5.92 Å². The van der Waals surface area contributed by atoms with Crippen molar-refractivity contribution in [3.05, 3.63) is 0 Å². The molecule has 0 spiro atoms. The van der Waals surface area contributed by atoms with Crippen molar-refractivity contribution < 1.29 is 0 Å². The van der Waals surface area contributed by atoms with Gasteiger partial charge in [0.05, 0.1) is 0 Å². The molecule has 2 aliphatic rings. The number of thioether (sulfide) groups is 2. The van der Waals surface area contributed by atoms with Crippen LogP contribution in [0.3, 0.4) is 0 Å². The molecule has 0 aromatic carbocycles. The minimum atomic E-state index is 0.531. The van der Waals surface area contributed by atoms with Gasteiger partial charge in [0.15, 0.2) is 0 Å². The third kappa shape index (κ3) is 3.05. The number of nitrogens with one attached hydrogen (secondary N) is 1. The molecule has 0 aromatic rings. The van der Waals surface area contributed by atoms with Crippen molar-refractivity contribution in [1.82, 2.24) is 5.43 Å². The Balaban J connectivity index is 1.85. The van der Waals surface area contributed by atoms with E-state index in [-0.39, 0.29) is 0 Å². The fraction of sp³-hybridized carbons (Fsp3) is 1.00.